The third-order valence-electron chi connectivity index (χ3n) is 4.62. The van der Waals surface area contributed by atoms with Crippen molar-refractivity contribution in [1.29, 1.82) is 0 Å². The zero-order chi connectivity index (χ0) is 19.7. The van der Waals surface area contributed by atoms with Crippen LogP contribution in [0.4, 0.5) is 5.69 Å². The van der Waals surface area contributed by atoms with Gasteiger partial charge in [-0.3, -0.25) is 9.59 Å². The zero-order valence-corrected chi connectivity index (χ0v) is 16.0. The third kappa shape index (κ3) is 4.58. The lowest BCUT2D eigenvalue weighted by Crippen LogP contribution is -2.26. The summed E-state index contributed by atoms with van der Waals surface area (Å²) in [5.41, 5.74) is 1.30. The number of anilines is 1. The first-order valence-electron chi connectivity index (χ1n) is 9.25. The number of hydrogen-bond donors (Lipinski definition) is 3. The molecular formula is C20H21N3O4S. The molecule has 0 aromatic heterocycles. The molecule has 2 saturated carbocycles. The van der Waals surface area contributed by atoms with Crippen LogP contribution in [0.15, 0.2) is 53.4 Å². The molecule has 2 aliphatic carbocycles. The molecule has 0 spiro atoms. The second kappa shape index (κ2) is 7.37. The summed E-state index contributed by atoms with van der Waals surface area (Å²) in [7, 11) is -3.62. The fourth-order valence-corrected chi connectivity index (χ4v) is 4.05. The monoisotopic (exact) mass is 399 g/mol. The maximum Gasteiger partial charge on any atom is 0.255 e. The van der Waals surface area contributed by atoms with Crippen LogP contribution >= 0.6 is 0 Å². The van der Waals surface area contributed by atoms with Crippen molar-refractivity contribution in [2.45, 2.75) is 42.7 Å². The first-order chi connectivity index (χ1) is 13.4. The second-order valence-corrected chi connectivity index (χ2v) is 8.92. The minimum Gasteiger partial charge on any atom is -0.349 e. The lowest BCUT2D eigenvalue weighted by Gasteiger charge is -2.09. The SMILES string of the molecule is O=C(Nc1ccc(C(=O)NC2CC2)cc1)c1cccc(S(=O)(=O)NC2CC2)c1. The van der Waals surface area contributed by atoms with Crippen LogP contribution in [0.3, 0.4) is 0 Å². The summed E-state index contributed by atoms with van der Waals surface area (Å²) in [5, 5.41) is 5.63. The van der Waals surface area contributed by atoms with Crippen LogP contribution in [-0.4, -0.2) is 32.3 Å². The quantitative estimate of drug-likeness (QED) is 0.664. The number of sulfonamides is 1. The minimum absolute atomic E-state index is 0.00175. The van der Waals surface area contributed by atoms with Crippen molar-refractivity contribution in [1.82, 2.24) is 10.0 Å². The van der Waals surface area contributed by atoms with Crippen LogP contribution in [0.2, 0.25) is 0 Å². The minimum atomic E-state index is -3.62. The van der Waals surface area contributed by atoms with Gasteiger partial charge in [0.05, 0.1) is 4.90 Å². The van der Waals surface area contributed by atoms with E-state index in [0.717, 1.165) is 25.7 Å². The summed E-state index contributed by atoms with van der Waals surface area (Å²) in [6, 6.07) is 12.8. The molecular weight excluding hydrogens is 378 g/mol. The summed E-state index contributed by atoms with van der Waals surface area (Å²) in [5.74, 6) is -0.542. The lowest BCUT2D eigenvalue weighted by atomic mass is 10.1. The summed E-state index contributed by atoms with van der Waals surface area (Å²) in [6.07, 6.45) is 3.72. The van der Waals surface area contributed by atoms with Crippen molar-refractivity contribution in [3.8, 4) is 0 Å². The van der Waals surface area contributed by atoms with E-state index in [1.54, 1.807) is 36.4 Å². The Morgan fingerprint density at radius 2 is 1.50 bits per heavy atom. The van der Waals surface area contributed by atoms with E-state index in [9.17, 15) is 18.0 Å². The molecule has 2 aromatic rings. The third-order valence-corrected chi connectivity index (χ3v) is 6.14. The van der Waals surface area contributed by atoms with Crippen molar-refractivity contribution >= 4 is 27.5 Å². The van der Waals surface area contributed by atoms with Gasteiger partial charge in [0, 0.05) is 28.9 Å². The second-order valence-electron chi connectivity index (χ2n) is 7.20. The van der Waals surface area contributed by atoms with Crippen molar-refractivity contribution in [3.05, 3.63) is 59.7 Å². The Bertz CT molecular complexity index is 1010. The molecule has 28 heavy (non-hydrogen) atoms. The molecule has 3 N–H and O–H groups in total. The summed E-state index contributed by atoms with van der Waals surface area (Å²) in [4.78, 5) is 24.6. The van der Waals surface area contributed by atoms with Crippen LogP contribution in [0.25, 0.3) is 0 Å². The van der Waals surface area contributed by atoms with Gasteiger partial charge in [-0.05, 0) is 68.1 Å². The van der Waals surface area contributed by atoms with Gasteiger partial charge in [0.1, 0.15) is 0 Å². The number of carbonyl (C=O) groups excluding carboxylic acids is 2. The van der Waals surface area contributed by atoms with Gasteiger partial charge in [-0.15, -0.1) is 0 Å². The maximum atomic E-state index is 12.5. The number of hydrogen-bond acceptors (Lipinski definition) is 4. The van der Waals surface area contributed by atoms with Gasteiger partial charge < -0.3 is 10.6 Å². The predicted molar refractivity (Wildman–Crippen MR) is 105 cm³/mol. The van der Waals surface area contributed by atoms with Crippen LogP contribution < -0.4 is 15.4 Å². The van der Waals surface area contributed by atoms with E-state index in [1.807, 2.05) is 0 Å². The molecule has 0 saturated heterocycles. The molecule has 7 nitrogen and oxygen atoms in total. The van der Waals surface area contributed by atoms with E-state index >= 15 is 0 Å². The summed E-state index contributed by atoms with van der Waals surface area (Å²) < 4.78 is 27.2. The predicted octanol–water partition coefficient (Wildman–Crippen LogP) is 2.27. The first-order valence-corrected chi connectivity index (χ1v) is 10.7. The van der Waals surface area contributed by atoms with E-state index in [4.69, 9.17) is 0 Å². The number of benzene rings is 2. The van der Waals surface area contributed by atoms with E-state index in [0.29, 0.717) is 11.3 Å². The summed E-state index contributed by atoms with van der Waals surface area (Å²) in [6.45, 7) is 0. The molecule has 8 heteroatoms. The highest BCUT2D eigenvalue weighted by Gasteiger charge is 2.28. The van der Waals surface area contributed by atoms with Crippen LogP contribution in [-0.2, 0) is 10.0 Å². The van der Waals surface area contributed by atoms with Gasteiger partial charge in [0.15, 0.2) is 0 Å². The van der Waals surface area contributed by atoms with Crippen molar-refractivity contribution in [3.63, 3.8) is 0 Å². The molecule has 146 valence electrons. The Morgan fingerprint density at radius 1 is 0.821 bits per heavy atom. The highest BCUT2D eigenvalue weighted by molar-refractivity contribution is 7.89. The van der Waals surface area contributed by atoms with E-state index < -0.39 is 15.9 Å². The Morgan fingerprint density at radius 3 is 2.14 bits per heavy atom. The Labute approximate surface area is 163 Å². The molecule has 2 amide bonds. The number of carbonyl (C=O) groups is 2. The topological polar surface area (TPSA) is 104 Å². The van der Waals surface area contributed by atoms with Gasteiger partial charge in [-0.2, -0.15) is 0 Å². The maximum absolute atomic E-state index is 12.5. The van der Waals surface area contributed by atoms with Crippen LogP contribution in [0, 0.1) is 0 Å². The van der Waals surface area contributed by atoms with E-state index in [2.05, 4.69) is 15.4 Å². The normalized spacial score (nSPS) is 16.4. The Balaban J connectivity index is 1.43. The molecule has 2 fully saturated rings. The lowest BCUT2D eigenvalue weighted by molar-refractivity contribution is 0.0950. The molecule has 0 aliphatic heterocycles. The first kappa shape index (κ1) is 18.6. The highest BCUT2D eigenvalue weighted by Crippen LogP contribution is 2.23. The Hall–Kier alpha value is -2.71. The average molecular weight is 399 g/mol. The van der Waals surface area contributed by atoms with Gasteiger partial charge in [-0.25, -0.2) is 13.1 Å². The molecule has 0 unspecified atom stereocenters. The number of nitrogens with one attached hydrogen (secondary N) is 3. The van der Waals surface area contributed by atoms with E-state index in [-0.39, 0.29) is 28.4 Å². The van der Waals surface area contributed by atoms with Crippen molar-refractivity contribution in [2.75, 3.05) is 5.32 Å². The molecule has 4 rings (SSSR count). The smallest absolute Gasteiger partial charge is 0.255 e. The highest BCUT2D eigenvalue weighted by atomic mass is 32.2. The van der Waals surface area contributed by atoms with Crippen LogP contribution in [0.1, 0.15) is 46.4 Å². The van der Waals surface area contributed by atoms with Crippen molar-refractivity contribution < 1.29 is 18.0 Å². The molecule has 2 aliphatic rings. The van der Waals surface area contributed by atoms with E-state index in [1.165, 1.54) is 12.1 Å². The molecule has 0 heterocycles. The molecule has 0 atom stereocenters. The van der Waals surface area contributed by atoms with Crippen LogP contribution in [0.5, 0.6) is 0 Å². The molecule has 0 radical (unpaired) electrons. The van der Waals surface area contributed by atoms with Gasteiger partial charge in [-0.1, -0.05) is 6.07 Å². The molecule has 2 aromatic carbocycles. The van der Waals surface area contributed by atoms with Gasteiger partial charge in [0.2, 0.25) is 10.0 Å². The van der Waals surface area contributed by atoms with Crippen molar-refractivity contribution in [2.24, 2.45) is 0 Å². The fourth-order valence-electron chi connectivity index (χ4n) is 2.70. The number of rotatable bonds is 7. The standard InChI is InChI=1S/C20H21N3O4S/c24-19(21-16-8-9-16)13-4-6-15(7-5-13)22-20(25)14-2-1-3-18(12-14)28(26,27)23-17-10-11-17/h1-7,12,16-17,23H,8-11H2,(H,21,24)(H,22,25). The Kier molecular flexibility index (Phi) is 4.91. The zero-order valence-electron chi connectivity index (χ0n) is 15.1. The molecule has 0 bridgehead atoms. The fraction of sp³-hybridized carbons (Fsp3) is 0.300. The summed E-state index contributed by atoms with van der Waals surface area (Å²) >= 11 is 0. The van der Waals surface area contributed by atoms with Gasteiger partial charge in [0.25, 0.3) is 11.8 Å². The van der Waals surface area contributed by atoms with Gasteiger partial charge >= 0.3 is 0 Å². The average Bonchev–Trinajstić information content (AvgIpc) is 3.60. The number of amides is 2. The largest absolute Gasteiger partial charge is 0.349 e.